The quantitative estimate of drug-likeness (QED) is 0.550. The summed E-state index contributed by atoms with van der Waals surface area (Å²) in [4.78, 5) is 6.93. The van der Waals surface area contributed by atoms with E-state index in [9.17, 15) is 0 Å². The summed E-state index contributed by atoms with van der Waals surface area (Å²) in [6.07, 6.45) is 5.26. The van der Waals surface area contributed by atoms with Crippen molar-refractivity contribution in [2.75, 3.05) is 40.9 Å². The first-order chi connectivity index (χ1) is 12.7. The van der Waals surface area contributed by atoms with Gasteiger partial charge in [-0.1, -0.05) is 25.5 Å². The number of para-hydroxylation sites is 1. The van der Waals surface area contributed by atoms with Crippen molar-refractivity contribution in [1.82, 2.24) is 15.5 Å². The van der Waals surface area contributed by atoms with E-state index >= 15 is 0 Å². The summed E-state index contributed by atoms with van der Waals surface area (Å²) in [5, 5.41) is 6.78. The molecule has 0 spiro atoms. The number of hydrogen-bond acceptors (Lipinski definition) is 4. The number of likely N-dealkylation sites (tertiary alicyclic amines) is 1. The van der Waals surface area contributed by atoms with Gasteiger partial charge in [-0.3, -0.25) is 9.89 Å². The van der Waals surface area contributed by atoms with Gasteiger partial charge >= 0.3 is 0 Å². The molecule has 1 aromatic carbocycles. The number of nitrogens with one attached hydrogen (secondary N) is 2. The van der Waals surface area contributed by atoms with E-state index in [1.807, 2.05) is 18.2 Å². The molecule has 1 fully saturated rings. The second kappa shape index (κ2) is 10.9. The molecular weight excluding hydrogens is 328 g/mol. The van der Waals surface area contributed by atoms with Crippen molar-refractivity contribution in [2.45, 2.75) is 45.2 Å². The third kappa shape index (κ3) is 5.53. The molecular formula is C20H34N4O2. The number of rotatable bonds is 8. The van der Waals surface area contributed by atoms with E-state index in [0.717, 1.165) is 42.2 Å². The lowest BCUT2D eigenvalue weighted by molar-refractivity contribution is 0.147. The van der Waals surface area contributed by atoms with Crippen LogP contribution in [0.4, 0.5) is 0 Å². The Hall–Kier alpha value is -1.95. The van der Waals surface area contributed by atoms with E-state index in [0.29, 0.717) is 6.54 Å². The normalized spacial score (nSPS) is 18.5. The summed E-state index contributed by atoms with van der Waals surface area (Å²) >= 11 is 0. The fourth-order valence-corrected chi connectivity index (χ4v) is 3.63. The molecule has 146 valence electrons. The van der Waals surface area contributed by atoms with Gasteiger partial charge in [0.05, 0.1) is 14.2 Å². The van der Waals surface area contributed by atoms with Gasteiger partial charge in [-0.2, -0.15) is 0 Å². The maximum absolute atomic E-state index is 5.49. The molecule has 1 saturated heterocycles. The van der Waals surface area contributed by atoms with Gasteiger partial charge in [0.15, 0.2) is 17.5 Å². The third-order valence-electron chi connectivity index (χ3n) is 5.07. The van der Waals surface area contributed by atoms with Crippen LogP contribution in [0.1, 0.15) is 38.2 Å². The number of benzene rings is 1. The first-order valence-electron chi connectivity index (χ1n) is 9.61. The number of aliphatic imine (C=N–C) groups is 1. The Labute approximate surface area is 158 Å². The Bertz CT molecular complexity index is 577. The number of hydrogen-bond donors (Lipinski definition) is 2. The molecule has 26 heavy (non-hydrogen) atoms. The average Bonchev–Trinajstić information content (AvgIpc) is 2.70. The topological polar surface area (TPSA) is 58.1 Å². The number of ether oxygens (including phenoxy) is 2. The van der Waals surface area contributed by atoms with Gasteiger partial charge in [0.1, 0.15) is 0 Å². The van der Waals surface area contributed by atoms with Crippen LogP contribution < -0.4 is 20.1 Å². The molecule has 6 nitrogen and oxygen atoms in total. The second-order valence-electron chi connectivity index (χ2n) is 6.60. The molecule has 1 aromatic rings. The first kappa shape index (κ1) is 20.4. The Kier molecular flexibility index (Phi) is 8.54. The molecule has 2 rings (SSSR count). The van der Waals surface area contributed by atoms with Crippen LogP contribution in [-0.2, 0) is 6.54 Å². The van der Waals surface area contributed by atoms with Crippen LogP contribution in [0.25, 0.3) is 0 Å². The third-order valence-corrected chi connectivity index (χ3v) is 5.07. The minimum atomic E-state index is 0.626. The smallest absolute Gasteiger partial charge is 0.191 e. The molecule has 6 heteroatoms. The average molecular weight is 363 g/mol. The summed E-state index contributed by atoms with van der Waals surface area (Å²) in [6.45, 7) is 6.08. The predicted molar refractivity (Wildman–Crippen MR) is 107 cm³/mol. The molecule has 0 aliphatic carbocycles. The standard InChI is InChI=1S/C20H34N4O2/c1-5-17-10-6-7-13-24(17)14-12-22-20(21-2)23-15-16-9-8-11-18(25-3)19(16)26-4/h8-9,11,17H,5-7,10,12-15H2,1-4H3,(H2,21,22,23). The van der Waals surface area contributed by atoms with Crippen molar-refractivity contribution < 1.29 is 9.47 Å². The van der Waals surface area contributed by atoms with Crippen LogP contribution in [0, 0.1) is 0 Å². The van der Waals surface area contributed by atoms with Crippen LogP contribution in [0.3, 0.4) is 0 Å². The Morgan fingerprint density at radius 1 is 1.23 bits per heavy atom. The summed E-state index contributed by atoms with van der Waals surface area (Å²) in [5.41, 5.74) is 1.04. The molecule has 1 aliphatic rings. The van der Waals surface area contributed by atoms with E-state index in [4.69, 9.17) is 9.47 Å². The van der Waals surface area contributed by atoms with Crippen LogP contribution in [-0.4, -0.2) is 57.8 Å². The molecule has 0 saturated carbocycles. The minimum absolute atomic E-state index is 0.626. The zero-order valence-electron chi connectivity index (χ0n) is 16.7. The Balaban J connectivity index is 1.83. The van der Waals surface area contributed by atoms with Gasteiger partial charge in [0.25, 0.3) is 0 Å². The lowest BCUT2D eigenvalue weighted by atomic mass is 10.0. The van der Waals surface area contributed by atoms with Gasteiger partial charge in [-0.15, -0.1) is 0 Å². The molecule has 2 N–H and O–H groups in total. The van der Waals surface area contributed by atoms with Crippen LogP contribution >= 0.6 is 0 Å². The van der Waals surface area contributed by atoms with E-state index < -0.39 is 0 Å². The highest BCUT2D eigenvalue weighted by Gasteiger charge is 2.20. The lowest BCUT2D eigenvalue weighted by Gasteiger charge is -2.35. The van der Waals surface area contributed by atoms with Gasteiger partial charge in [0, 0.05) is 38.3 Å². The van der Waals surface area contributed by atoms with Gasteiger partial charge in [-0.05, 0) is 31.9 Å². The van der Waals surface area contributed by atoms with Crippen molar-refractivity contribution in [3.05, 3.63) is 23.8 Å². The Morgan fingerprint density at radius 3 is 2.77 bits per heavy atom. The van der Waals surface area contributed by atoms with E-state index in [1.165, 1.54) is 32.2 Å². The summed E-state index contributed by atoms with van der Waals surface area (Å²) in [6, 6.07) is 6.64. The van der Waals surface area contributed by atoms with Crippen LogP contribution in [0.15, 0.2) is 23.2 Å². The molecule has 1 aliphatic heterocycles. The lowest BCUT2D eigenvalue weighted by Crippen LogP contribution is -2.45. The summed E-state index contributed by atoms with van der Waals surface area (Å²) < 4.78 is 10.8. The van der Waals surface area contributed by atoms with Crippen molar-refractivity contribution in [2.24, 2.45) is 4.99 Å². The number of nitrogens with zero attached hydrogens (tertiary/aromatic N) is 2. The first-order valence-corrected chi connectivity index (χ1v) is 9.61. The fraction of sp³-hybridized carbons (Fsp3) is 0.650. The second-order valence-corrected chi connectivity index (χ2v) is 6.60. The molecule has 0 aromatic heterocycles. The highest BCUT2D eigenvalue weighted by atomic mass is 16.5. The summed E-state index contributed by atoms with van der Waals surface area (Å²) in [5.74, 6) is 2.31. The van der Waals surface area contributed by atoms with Crippen molar-refractivity contribution in [1.29, 1.82) is 0 Å². The minimum Gasteiger partial charge on any atom is -0.493 e. The van der Waals surface area contributed by atoms with E-state index in [2.05, 4.69) is 27.4 Å². The van der Waals surface area contributed by atoms with E-state index in [-0.39, 0.29) is 0 Å². The van der Waals surface area contributed by atoms with Crippen LogP contribution in [0.2, 0.25) is 0 Å². The maximum atomic E-state index is 5.49. The number of methoxy groups -OCH3 is 2. The maximum Gasteiger partial charge on any atom is 0.191 e. The van der Waals surface area contributed by atoms with E-state index in [1.54, 1.807) is 21.3 Å². The van der Waals surface area contributed by atoms with Crippen LogP contribution in [0.5, 0.6) is 11.5 Å². The van der Waals surface area contributed by atoms with Gasteiger partial charge in [-0.25, -0.2) is 0 Å². The van der Waals surface area contributed by atoms with Crippen molar-refractivity contribution in [3.63, 3.8) is 0 Å². The highest BCUT2D eigenvalue weighted by molar-refractivity contribution is 5.79. The fourth-order valence-electron chi connectivity index (χ4n) is 3.63. The molecule has 1 heterocycles. The van der Waals surface area contributed by atoms with Crippen molar-refractivity contribution in [3.8, 4) is 11.5 Å². The molecule has 1 atom stereocenters. The highest BCUT2D eigenvalue weighted by Crippen LogP contribution is 2.30. The zero-order chi connectivity index (χ0) is 18.8. The molecule has 1 unspecified atom stereocenters. The summed E-state index contributed by atoms with van der Waals surface area (Å²) in [7, 11) is 5.12. The SMILES string of the molecule is CCC1CCCCN1CCNC(=NC)NCc1cccc(OC)c1OC. The zero-order valence-corrected chi connectivity index (χ0v) is 16.7. The Morgan fingerprint density at radius 2 is 2.08 bits per heavy atom. The monoisotopic (exact) mass is 362 g/mol. The van der Waals surface area contributed by atoms with Crippen molar-refractivity contribution >= 4 is 5.96 Å². The van der Waals surface area contributed by atoms with Gasteiger partial charge < -0.3 is 20.1 Å². The van der Waals surface area contributed by atoms with Gasteiger partial charge in [0.2, 0.25) is 0 Å². The predicted octanol–water partition coefficient (Wildman–Crippen LogP) is 2.63. The molecule has 0 radical (unpaired) electrons. The largest absolute Gasteiger partial charge is 0.493 e. The molecule has 0 amide bonds. The number of guanidine groups is 1. The molecule has 0 bridgehead atoms. The number of piperidine rings is 1.